The zero-order valence-corrected chi connectivity index (χ0v) is 17.1. The molecular formula is C24H27N3O2. The lowest BCUT2D eigenvalue weighted by Crippen LogP contribution is -2.51. The maximum atomic E-state index is 13.3. The maximum absolute atomic E-state index is 13.3. The molecule has 2 aromatic rings. The van der Waals surface area contributed by atoms with Gasteiger partial charge in [-0.05, 0) is 57.2 Å². The predicted molar refractivity (Wildman–Crippen MR) is 115 cm³/mol. The number of aryl methyl sites for hydroxylation is 2. The predicted octanol–water partition coefficient (Wildman–Crippen LogP) is 4.23. The van der Waals surface area contributed by atoms with Crippen molar-refractivity contribution in [1.82, 2.24) is 4.90 Å². The molecule has 0 aromatic heterocycles. The van der Waals surface area contributed by atoms with Gasteiger partial charge in [0.25, 0.3) is 5.91 Å². The number of anilines is 1. The van der Waals surface area contributed by atoms with Crippen molar-refractivity contribution in [3.63, 3.8) is 0 Å². The summed E-state index contributed by atoms with van der Waals surface area (Å²) in [7, 11) is 0. The first-order chi connectivity index (χ1) is 14.0. The average Bonchev–Trinajstić information content (AvgIpc) is 2.95. The monoisotopic (exact) mass is 389 g/mol. The molecule has 150 valence electrons. The molecule has 0 unspecified atom stereocenters. The van der Waals surface area contributed by atoms with Gasteiger partial charge in [0.05, 0.1) is 0 Å². The fourth-order valence-corrected chi connectivity index (χ4v) is 4.32. The van der Waals surface area contributed by atoms with Crippen molar-refractivity contribution in [2.75, 3.05) is 11.9 Å². The van der Waals surface area contributed by atoms with E-state index in [2.05, 4.69) is 5.32 Å². The number of rotatable bonds is 4. The highest BCUT2D eigenvalue weighted by molar-refractivity contribution is 6.47. The van der Waals surface area contributed by atoms with Crippen LogP contribution >= 0.6 is 0 Å². The fraction of sp³-hybridized carbons (Fsp3) is 0.375. The lowest BCUT2D eigenvalue weighted by molar-refractivity contribution is -0.134. The Hall–Kier alpha value is -2.95. The minimum Gasteiger partial charge on any atom is -0.325 e. The summed E-state index contributed by atoms with van der Waals surface area (Å²) >= 11 is 0. The van der Waals surface area contributed by atoms with Crippen molar-refractivity contribution >= 4 is 23.2 Å². The molecule has 0 bridgehead atoms. The van der Waals surface area contributed by atoms with Crippen LogP contribution in [0.4, 0.5) is 5.69 Å². The van der Waals surface area contributed by atoms with Crippen molar-refractivity contribution in [3.05, 3.63) is 65.2 Å². The SMILES string of the molecule is Cc1ccc(C2=NC3(CCCCC3)N(CC(=O)Nc3cccc(C)c3)C2=O)cc1. The van der Waals surface area contributed by atoms with Gasteiger partial charge in [0.15, 0.2) is 0 Å². The van der Waals surface area contributed by atoms with Crippen LogP contribution < -0.4 is 5.32 Å². The topological polar surface area (TPSA) is 61.8 Å². The summed E-state index contributed by atoms with van der Waals surface area (Å²) in [6, 6.07) is 15.6. The van der Waals surface area contributed by atoms with Crippen molar-refractivity contribution in [2.45, 2.75) is 51.6 Å². The molecular weight excluding hydrogens is 362 g/mol. The lowest BCUT2D eigenvalue weighted by Gasteiger charge is -2.38. The molecule has 2 amide bonds. The molecule has 1 aliphatic carbocycles. The van der Waals surface area contributed by atoms with E-state index in [1.54, 1.807) is 4.90 Å². The second-order valence-corrected chi connectivity index (χ2v) is 8.18. The number of hydrogen-bond acceptors (Lipinski definition) is 3. The largest absolute Gasteiger partial charge is 0.325 e. The third-order valence-electron chi connectivity index (χ3n) is 5.85. The summed E-state index contributed by atoms with van der Waals surface area (Å²) in [5.41, 5.74) is 3.69. The number of nitrogens with one attached hydrogen (secondary N) is 1. The number of carbonyl (C=O) groups is 2. The Bertz CT molecular complexity index is 956. The van der Waals surface area contributed by atoms with Gasteiger partial charge in [0.1, 0.15) is 17.9 Å². The first kappa shape index (κ1) is 19.4. The van der Waals surface area contributed by atoms with Crippen molar-refractivity contribution in [1.29, 1.82) is 0 Å². The van der Waals surface area contributed by atoms with E-state index in [1.807, 2.05) is 62.4 Å². The van der Waals surface area contributed by atoms with Gasteiger partial charge in [-0.2, -0.15) is 0 Å². The smallest absolute Gasteiger partial charge is 0.275 e. The molecule has 0 radical (unpaired) electrons. The quantitative estimate of drug-likeness (QED) is 0.850. The normalized spacial score (nSPS) is 18.1. The third kappa shape index (κ3) is 3.95. The van der Waals surface area contributed by atoms with Gasteiger partial charge >= 0.3 is 0 Å². The minimum absolute atomic E-state index is 0.0195. The average molecular weight is 389 g/mol. The summed E-state index contributed by atoms with van der Waals surface area (Å²) in [5, 5.41) is 2.93. The van der Waals surface area contributed by atoms with E-state index in [-0.39, 0.29) is 18.4 Å². The molecule has 4 rings (SSSR count). The second kappa shape index (κ2) is 7.82. The molecule has 0 atom stereocenters. The molecule has 1 heterocycles. The number of amides is 2. The molecule has 1 N–H and O–H groups in total. The summed E-state index contributed by atoms with van der Waals surface area (Å²) < 4.78 is 0. The summed E-state index contributed by atoms with van der Waals surface area (Å²) in [6.07, 6.45) is 4.81. The van der Waals surface area contributed by atoms with Crippen molar-refractivity contribution in [2.24, 2.45) is 4.99 Å². The van der Waals surface area contributed by atoms with Crippen molar-refractivity contribution in [3.8, 4) is 0 Å². The molecule has 1 aliphatic heterocycles. The van der Waals surface area contributed by atoms with Crippen LogP contribution in [-0.2, 0) is 9.59 Å². The molecule has 5 nitrogen and oxygen atoms in total. The number of aliphatic imine (C=N–C) groups is 1. The highest BCUT2D eigenvalue weighted by Crippen LogP contribution is 2.39. The number of nitrogens with zero attached hydrogens (tertiary/aromatic N) is 2. The molecule has 2 aliphatic rings. The summed E-state index contributed by atoms with van der Waals surface area (Å²) in [5.74, 6) is -0.329. The third-order valence-corrected chi connectivity index (χ3v) is 5.85. The van der Waals surface area contributed by atoms with Gasteiger partial charge in [-0.3, -0.25) is 14.6 Å². The number of carbonyl (C=O) groups excluding carboxylic acids is 2. The summed E-state index contributed by atoms with van der Waals surface area (Å²) in [6.45, 7) is 4.02. The summed E-state index contributed by atoms with van der Waals surface area (Å²) in [4.78, 5) is 32.7. The number of hydrogen-bond donors (Lipinski definition) is 1. The van der Waals surface area contributed by atoms with Crippen LogP contribution in [0.15, 0.2) is 53.5 Å². The van der Waals surface area contributed by atoms with Crippen LogP contribution in [0.3, 0.4) is 0 Å². The molecule has 0 saturated heterocycles. The molecule has 1 fully saturated rings. The van der Waals surface area contributed by atoms with Crippen LogP contribution in [0.5, 0.6) is 0 Å². The van der Waals surface area contributed by atoms with Gasteiger partial charge in [-0.1, -0.05) is 48.4 Å². The van der Waals surface area contributed by atoms with E-state index in [4.69, 9.17) is 4.99 Å². The molecule has 2 aromatic carbocycles. The lowest BCUT2D eigenvalue weighted by atomic mass is 9.88. The van der Waals surface area contributed by atoms with Gasteiger partial charge in [0.2, 0.25) is 5.91 Å². The molecule has 5 heteroatoms. The molecule has 1 spiro atoms. The zero-order chi connectivity index (χ0) is 20.4. The Balaban J connectivity index is 1.58. The van der Waals surface area contributed by atoms with Crippen LogP contribution in [-0.4, -0.2) is 34.6 Å². The zero-order valence-electron chi connectivity index (χ0n) is 17.1. The van der Waals surface area contributed by atoms with E-state index >= 15 is 0 Å². The Kier molecular flexibility index (Phi) is 5.22. The Morgan fingerprint density at radius 1 is 1.03 bits per heavy atom. The van der Waals surface area contributed by atoms with Gasteiger partial charge in [0, 0.05) is 11.3 Å². The van der Waals surface area contributed by atoms with E-state index in [9.17, 15) is 9.59 Å². The van der Waals surface area contributed by atoms with Gasteiger partial charge in [-0.15, -0.1) is 0 Å². The van der Waals surface area contributed by atoms with Crippen LogP contribution in [0.2, 0.25) is 0 Å². The Labute approximate surface area is 171 Å². The highest BCUT2D eigenvalue weighted by atomic mass is 16.2. The molecule has 29 heavy (non-hydrogen) atoms. The Morgan fingerprint density at radius 2 is 1.76 bits per heavy atom. The van der Waals surface area contributed by atoms with Crippen LogP contribution in [0.25, 0.3) is 0 Å². The first-order valence-corrected chi connectivity index (χ1v) is 10.3. The second-order valence-electron chi connectivity index (χ2n) is 8.18. The molecule has 1 saturated carbocycles. The van der Waals surface area contributed by atoms with Gasteiger partial charge < -0.3 is 10.2 Å². The number of benzene rings is 2. The van der Waals surface area contributed by atoms with Crippen LogP contribution in [0.1, 0.15) is 48.8 Å². The van der Waals surface area contributed by atoms with Crippen LogP contribution in [0, 0.1) is 13.8 Å². The van der Waals surface area contributed by atoms with Crippen molar-refractivity contribution < 1.29 is 9.59 Å². The highest BCUT2D eigenvalue weighted by Gasteiger charge is 2.48. The van der Waals surface area contributed by atoms with E-state index < -0.39 is 5.66 Å². The fourth-order valence-electron chi connectivity index (χ4n) is 4.32. The van der Waals surface area contributed by atoms with E-state index in [1.165, 1.54) is 0 Å². The van der Waals surface area contributed by atoms with E-state index in [0.717, 1.165) is 54.5 Å². The van der Waals surface area contributed by atoms with E-state index in [0.29, 0.717) is 5.71 Å². The maximum Gasteiger partial charge on any atom is 0.275 e. The minimum atomic E-state index is -0.584. The first-order valence-electron chi connectivity index (χ1n) is 10.3. The van der Waals surface area contributed by atoms with Gasteiger partial charge in [-0.25, -0.2) is 0 Å². The standard InChI is InChI=1S/C24H27N3O2/c1-17-9-11-19(12-10-17)22-23(29)27(24(26-22)13-4-3-5-14-24)16-21(28)25-20-8-6-7-18(2)15-20/h6-12,15H,3-5,13-14,16H2,1-2H3,(H,25,28). The Morgan fingerprint density at radius 3 is 2.45 bits per heavy atom.